The first kappa shape index (κ1) is 17.0. The molecule has 9 heteroatoms. The van der Waals surface area contributed by atoms with Gasteiger partial charge in [0, 0.05) is 12.8 Å². The predicted molar refractivity (Wildman–Crippen MR) is 91.1 cm³/mol. The van der Waals surface area contributed by atoms with Crippen molar-refractivity contribution in [2.75, 3.05) is 7.11 Å². The van der Waals surface area contributed by atoms with Crippen LogP contribution in [0.2, 0.25) is 0 Å². The Morgan fingerprint density at radius 1 is 1.36 bits per heavy atom. The monoisotopic (exact) mass is 359 g/mol. The van der Waals surface area contributed by atoms with E-state index in [-0.39, 0.29) is 12.3 Å². The molecule has 25 heavy (non-hydrogen) atoms. The van der Waals surface area contributed by atoms with Gasteiger partial charge in [-0.15, -0.1) is 5.10 Å². The topological polar surface area (TPSA) is 103 Å². The maximum absolute atomic E-state index is 11.9. The third kappa shape index (κ3) is 4.18. The molecule has 0 saturated heterocycles. The Morgan fingerprint density at radius 3 is 2.96 bits per heavy atom. The summed E-state index contributed by atoms with van der Waals surface area (Å²) in [5, 5.41) is 10.7. The van der Waals surface area contributed by atoms with E-state index in [0.29, 0.717) is 30.4 Å². The van der Waals surface area contributed by atoms with E-state index in [2.05, 4.69) is 25.0 Å². The van der Waals surface area contributed by atoms with Crippen LogP contribution in [0.5, 0.6) is 5.75 Å². The van der Waals surface area contributed by atoms with Gasteiger partial charge in [-0.05, 0) is 30.6 Å². The fourth-order valence-corrected chi connectivity index (χ4v) is 2.77. The molecule has 0 atom stereocenters. The van der Waals surface area contributed by atoms with Crippen LogP contribution in [0.3, 0.4) is 0 Å². The van der Waals surface area contributed by atoms with Crippen molar-refractivity contribution in [3.63, 3.8) is 0 Å². The minimum Gasteiger partial charge on any atom is -0.496 e. The van der Waals surface area contributed by atoms with Gasteiger partial charge in [-0.2, -0.15) is 4.98 Å². The summed E-state index contributed by atoms with van der Waals surface area (Å²) in [5.74, 6) is 1.43. The molecule has 0 saturated carbocycles. The molecular weight excluding hydrogens is 342 g/mol. The van der Waals surface area contributed by atoms with E-state index in [1.807, 2.05) is 31.2 Å². The van der Waals surface area contributed by atoms with Crippen LogP contribution in [0.15, 0.2) is 28.8 Å². The minimum atomic E-state index is -0.0927. The largest absolute Gasteiger partial charge is 0.496 e. The summed E-state index contributed by atoms with van der Waals surface area (Å²) in [6.45, 7) is 2.29. The molecule has 0 spiro atoms. The highest BCUT2D eigenvalue weighted by molar-refractivity contribution is 7.05. The number of para-hydroxylation sites is 1. The molecule has 1 aromatic carbocycles. The molecule has 0 aliphatic heterocycles. The van der Waals surface area contributed by atoms with E-state index in [1.54, 1.807) is 7.11 Å². The van der Waals surface area contributed by atoms with Gasteiger partial charge in [0.2, 0.25) is 17.6 Å². The van der Waals surface area contributed by atoms with Crippen LogP contribution in [0.4, 0.5) is 0 Å². The number of amides is 1. The predicted octanol–water partition coefficient (Wildman–Crippen LogP) is 2.15. The first-order valence-electron chi connectivity index (χ1n) is 7.68. The Morgan fingerprint density at radius 2 is 2.20 bits per heavy atom. The van der Waals surface area contributed by atoms with Crippen LogP contribution >= 0.6 is 11.5 Å². The number of hydrogen-bond acceptors (Lipinski definition) is 8. The number of ether oxygens (including phenoxy) is 1. The van der Waals surface area contributed by atoms with E-state index >= 15 is 0 Å². The van der Waals surface area contributed by atoms with Crippen molar-refractivity contribution < 1.29 is 14.1 Å². The third-order valence-electron chi connectivity index (χ3n) is 3.57. The molecule has 0 fully saturated rings. The number of benzene rings is 1. The number of aryl methyl sites for hydroxylation is 2. The van der Waals surface area contributed by atoms with E-state index in [4.69, 9.17) is 9.26 Å². The highest BCUT2D eigenvalue weighted by Crippen LogP contribution is 2.27. The Labute approximate surface area is 148 Å². The fraction of sp³-hybridized carbons (Fsp3) is 0.312. The van der Waals surface area contributed by atoms with Crippen molar-refractivity contribution in [1.29, 1.82) is 0 Å². The SMILES string of the molecule is COc1ccccc1-c1noc(CCC(=O)NCc2snnc2C)n1. The molecule has 130 valence electrons. The summed E-state index contributed by atoms with van der Waals surface area (Å²) in [4.78, 5) is 17.2. The summed E-state index contributed by atoms with van der Waals surface area (Å²) >= 11 is 1.28. The third-order valence-corrected chi connectivity index (χ3v) is 4.40. The lowest BCUT2D eigenvalue weighted by Crippen LogP contribution is -2.22. The summed E-state index contributed by atoms with van der Waals surface area (Å²) in [6.07, 6.45) is 0.632. The zero-order chi connectivity index (χ0) is 17.6. The van der Waals surface area contributed by atoms with E-state index in [1.165, 1.54) is 11.5 Å². The van der Waals surface area contributed by atoms with Crippen molar-refractivity contribution in [2.24, 2.45) is 0 Å². The normalized spacial score (nSPS) is 10.6. The van der Waals surface area contributed by atoms with E-state index in [0.717, 1.165) is 16.1 Å². The number of rotatable bonds is 7. The summed E-state index contributed by atoms with van der Waals surface area (Å²) in [5.41, 5.74) is 1.58. The maximum atomic E-state index is 11.9. The van der Waals surface area contributed by atoms with Crippen LogP contribution in [0.1, 0.15) is 22.9 Å². The summed E-state index contributed by atoms with van der Waals surface area (Å²) in [7, 11) is 1.59. The molecule has 3 aromatic rings. The number of hydrogen-bond donors (Lipinski definition) is 1. The van der Waals surface area contributed by atoms with Gasteiger partial charge in [0.05, 0.1) is 29.8 Å². The molecule has 0 aliphatic rings. The molecule has 0 radical (unpaired) electrons. The van der Waals surface area contributed by atoms with Crippen LogP contribution in [0, 0.1) is 6.92 Å². The first-order valence-corrected chi connectivity index (χ1v) is 8.45. The average Bonchev–Trinajstić information content (AvgIpc) is 3.27. The van der Waals surface area contributed by atoms with Gasteiger partial charge in [0.15, 0.2) is 0 Å². The van der Waals surface area contributed by atoms with Crippen molar-refractivity contribution >= 4 is 17.4 Å². The molecule has 2 aromatic heterocycles. The number of nitrogens with one attached hydrogen (secondary N) is 1. The second kappa shape index (κ2) is 7.84. The van der Waals surface area contributed by atoms with Crippen molar-refractivity contribution in [3.05, 3.63) is 40.7 Å². The van der Waals surface area contributed by atoms with Crippen LogP contribution in [-0.4, -0.2) is 32.7 Å². The van der Waals surface area contributed by atoms with Gasteiger partial charge >= 0.3 is 0 Å². The standard InChI is InChI=1S/C16H17N5O3S/c1-10-13(25-21-19-10)9-17-14(22)7-8-15-18-16(20-24-15)11-5-3-4-6-12(11)23-2/h3-6H,7-9H2,1-2H3,(H,17,22). The Bertz CT molecular complexity index is 861. The maximum Gasteiger partial charge on any atom is 0.227 e. The number of carbonyl (C=O) groups excluding carboxylic acids is 1. The molecule has 3 rings (SSSR count). The summed E-state index contributed by atoms with van der Waals surface area (Å²) < 4.78 is 14.3. The second-order valence-electron chi connectivity index (χ2n) is 5.27. The summed E-state index contributed by atoms with van der Waals surface area (Å²) in [6, 6.07) is 7.42. The molecule has 0 unspecified atom stereocenters. The smallest absolute Gasteiger partial charge is 0.227 e. The van der Waals surface area contributed by atoms with Crippen molar-refractivity contribution in [2.45, 2.75) is 26.3 Å². The minimum absolute atomic E-state index is 0.0927. The van der Waals surface area contributed by atoms with Gasteiger partial charge in [0.1, 0.15) is 5.75 Å². The lowest BCUT2D eigenvalue weighted by atomic mass is 10.2. The molecule has 1 N–H and O–H groups in total. The molecule has 1 amide bonds. The first-order chi connectivity index (χ1) is 12.2. The van der Waals surface area contributed by atoms with Gasteiger partial charge < -0.3 is 14.6 Å². The highest BCUT2D eigenvalue weighted by atomic mass is 32.1. The Hall–Kier alpha value is -2.81. The molecule has 0 aliphatic carbocycles. The lowest BCUT2D eigenvalue weighted by Gasteiger charge is -2.03. The van der Waals surface area contributed by atoms with E-state index in [9.17, 15) is 4.79 Å². The number of methoxy groups -OCH3 is 1. The average molecular weight is 359 g/mol. The number of carbonyl (C=O) groups is 1. The van der Waals surface area contributed by atoms with Gasteiger partial charge in [-0.25, -0.2) is 0 Å². The Balaban J connectivity index is 1.55. The van der Waals surface area contributed by atoms with Gasteiger partial charge in [-0.1, -0.05) is 21.8 Å². The van der Waals surface area contributed by atoms with Crippen LogP contribution < -0.4 is 10.1 Å². The quantitative estimate of drug-likeness (QED) is 0.689. The van der Waals surface area contributed by atoms with Crippen LogP contribution in [-0.2, 0) is 17.8 Å². The van der Waals surface area contributed by atoms with E-state index < -0.39 is 0 Å². The highest BCUT2D eigenvalue weighted by Gasteiger charge is 2.14. The number of nitrogens with zero attached hydrogens (tertiary/aromatic N) is 4. The second-order valence-corrected chi connectivity index (χ2v) is 6.11. The van der Waals surface area contributed by atoms with Crippen molar-refractivity contribution in [1.82, 2.24) is 25.0 Å². The van der Waals surface area contributed by atoms with Gasteiger partial charge in [-0.3, -0.25) is 4.79 Å². The lowest BCUT2D eigenvalue weighted by molar-refractivity contribution is -0.121. The zero-order valence-corrected chi connectivity index (χ0v) is 14.7. The molecular formula is C16H17N5O3S. The zero-order valence-electron chi connectivity index (χ0n) is 13.9. The molecule has 0 bridgehead atoms. The molecule has 2 heterocycles. The number of aromatic nitrogens is 4. The van der Waals surface area contributed by atoms with Crippen LogP contribution in [0.25, 0.3) is 11.4 Å². The van der Waals surface area contributed by atoms with Gasteiger partial charge in [0.25, 0.3) is 0 Å². The van der Waals surface area contributed by atoms with Crippen molar-refractivity contribution in [3.8, 4) is 17.1 Å². The fourth-order valence-electron chi connectivity index (χ4n) is 2.20. The molecule has 8 nitrogen and oxygen atoms in total. The Kier molecular flexibility index (Phi) is 5.34.